The molecule has 70 valence electrons. The topological polar surface area (TPSA) is 55.1 Å². The molecule has 0 aliphatic heterocycles. The van der Waals surface area contributed by atoms with Crippen molar-refractivity contribution in [3.63, 3.8) is 0 Å². The summed E-state index contributed by atoms with van der Waals surface area (Å²) in [6.07, 6.45) is 0.854. The normalized spacial score (nSPS) is 9.92. The molecule has 0 atom stereocenters. The van der Waals surface area contributed by atoms with Crippen LogP contribution in [0.1, 0.15) is 15.9 Å². The highest BCUT2D eigenvalue weighted by Crippen LogP contribution is 2.02. The minimum atomic E-state index is 0.632. The lowest BCUT2D eigenvalue weighted by molar-refractivity contribution is 0.112. The third-order valence-electron chi connectivity index (χ3n) is 1.74. The lowest BCUT2D eigenvalue weighted by Crippen LogP contribution is -2.21. The van der Waals surface area contributed by atoms with E-state index in [-0.39, 0.29) is 0 Å². The Hall–Kier alpha value is -1.19. The maximum absolute atomic E-state index is 10.4. The van der Waals surface area contributed by atoms with E-state index < -0.39 is 0 Å². The molecular weight excluding hydrogens is 164 g/mol. The summed E-state index contributed by atoms with van der Waals surface area (Å²) < 4.78 is 0. The molecule has 0 spiro atoms. The van der Waals surface area contributed by atoms with Gasteiger partial charge in [-0.25, -0.2) is 0 Å². The molecule has 0 radical (unpaired) electrons. The Morgan fingerprint density at radius 3 is 3.00 bits per heavy atom. The van der Waals surface area contributed by atoms with Crippen molar-refractivity contribution >= 4 is 6.29 Å². The van der Waals surface area contributed by atoms with Crippen molar-refractivity contribution in [1.29, 1.82) is 0 Å². The molecule has 0 saturated carbocycles. The van der Waals surface area contributed by atoms with Crippen LogP contribution in [0.15, 0.2) is 24.3 Å². The second-order valence-electron chi connectivity index (χ2n) is 2.83. The first-order chi connectivity index (χ1) is 6.36. The van der Waals surface area contributed by atoms with Crippen LogP contribution in [0.2, 0.25) is 0 Å². The van der Waals surface area contributed by atoms with Gasteiger partial charge in [-0.3, -0.25) is 4.79 Å². The molecule has 3 nitrogen and oxygen atoms in total. The number of nitrogens with two attached hydrogens (primary N) is 1. The van der Waals surface area contributed by atoms with Gasteiger partial charge in [-0.1, -0.05) is 18.2 Å². The van der Waals surface area contributed by atoms with Crippen LogP contribution in [0.5, 0.6) is 0 Å². The minimum Gasteiger partial charge on any atom is -0.329 e. The Kier molecular flexibility index (Phi) is 4.15. The molecule has 0 heterocycles. The average Bonchev–Trinajstić information content (AvgIpc) is 2.19. The summed E-state index contributed by atoms with van der Waals surface area (Å²) in [5, 5.41) is 3.16. The molecule has 0 fully saturated rings. The fraction of sp³-hybridized carbons (Fsp3) is 0.300. The maximum Gasteiger partial charge on any atom is 0.150 e. The van der Waals surface area contributed by atoms with E-state index >= 15 is 0 Å². The lowest BCUT2D eigenvalue weighted by atomic mass is 10.1. The third kappa shape index (κ3) is 3.36. The Labute approximate surface area is 77.9 Å². The van der Waals surface area contributed by atoms with Crippen LogP contribution in [0.25, 0.3) is 0 Å². The number of hydrogen-bond acceptors (Lipinski definition) is 3. The summed E-state index contributed by atoms with van der Waals surface area (Å²) in [6, 6.07) is 7.52. The zero-order chi connectivity index (χ0) is 9.52. The molecule has 13 heavy (non-hydrogen) atoms. The second-order valence-corrected chi connectivity index (χ2v) is 2.83. The smallest absolute Gasteiger partial charge is 0.150 e. The van der Waals surface area contributed by atoms with Gasteiger partial charge in [0.05, 0.1) is 0 Å². The van der Waals surface area contributed by atoms with Gasteiger partial charge < -0.3 is 11.1 Å². The molecule has 0 aliphatic carbocycles. The summed E-state index contributed by atoms with van der Waals surface area (Å²) >= 11 is 0. The lowest BCUT2D eigenvalue weighted by Gasteiger charge is -2.03. The van der Waals surface area contributed by atoms with Crippen molar-refractivity contribution in [2.24, 2.45) is 5.73 Å². The predicted octanol–water partition coefficient (Wildman–Crippen LogP) is 0.547. The molecule has 1 rings (SSSR count). The fourth-order valence-electron chi connectivity index (χ4n) is 1.11. The van der Waals surface area contributed by atoms with E-state index in [1.54, 1.807) is 6.07 Å². The first kappa shape index (κ1) is 9.89. The largest absolute Gasteiger partial charge is 0.329 e. The summed E-state index contributed by atoms with van der Waals surface area (Å²) in [5.41, 5.74) is 7.15. The first-order valence-electron chi connectivity index (χ1n) is 4.31. The molecule has 0 aromatic heterocycles. The van der Waals surface area contributed by atoms with Crippen LogP contribution >= 0.6 is 0 Å². The monoisotopic (exact) mass is 178 g/mol. The van der Waals surface area contributed by atoms with Gasteiger partial charge in [0.1, 0.15) is 6.29 Å². The Balaban J connectivity index is 2.51. The number of nitrogens with one attached hydrogen (secondary N) is 1. The molecular formula is C10H14N2O. The fourth-order valence-corrected chi connectivity index (χ4v) is 1.11. The molecule has 0 amide bonds. The molecule has 0 saturated heterocycles. The highest BCUT2D eigenvalue weighted by atomic mass is 16.1. The van der Waals surface area contributed by atoms with Crippen LogP contribution in [-0.2, 0) is 6.54 Å². The van der Waals surface area contributed by atoms with Crippen LogP contribution in [0.3, 0.4) is 0 Å². The van der Waals surface area contributed by atoms with E-state index in [9.17, 15) is 4.79 Å². The summed E-state index contributed by atoms with van der Waals surface area (Å²) in [6.45, 7) is 2.19. The minimum absolute atomic E-state index is 0.632. The van der Waals surface area contributed by atoms with E-state index in [0.717, 1.165) is 24.9 Å². The van der Waals surface area contributed by atoms with Gasteiger partial charge in [0.15, 0.2) is 0 Å². The number of carbonyl (C=O) groups is 1. The number of rotatable bonds is 5. The number of aldehydes is 1. The average molecular weight is 178 g/mol. The summed E-state index contributed by atoms with van der Waals surface area (Å²) in [4.78, 5) is 10.4. The van der Waals surface area contributed by atoms with Crippen LogP contribution < -0.4 is 11.1 Å². The van der Waals surface area contributed by atoms with Crippen molar-refractivity contribution in [2.45, 2.75) is 6.54 Å². The van der Waals surface area contributed by atoms with Crippen molar-refractivity contribution in [1.82, 2.24) is 5.32 Å². The number of hydrogen-bond donors (Lipinski definition) is 2. The molecule has 3 heteroatoms. The van der Waals surface area contributed by atoms with E-state index in [4.69, 9.17) is 5.73 Å². The van der Waals surface area contributed by atoms with E-state index in [0.29, 0.717) is 12.1 Å². The van der Waals surface area contributed by atoms with Gasteiger partial charge in [0.25, 0.3) is 0 Å². The molecule has 1 aromatic rings. The molecule has 3 N–H and O–H groups in total. The van der Waals surface area contributed by atoms with Gasteiger partial charge in [-0.2, -0.15) is 0 Å². The zero-order valence-corrected chi connectivity index (χ0v) is 7.49. The first-order valence-corrected chi connectivity index (χ1v) is 4.31. The Morgan fingerprint density at radius 2 is 2.31 bits per heavy atom. The number of benzene rings is 1. The van der Waals surface area contributed by atoms with Gasteiger partial charge in [0.2, 0.25) is 0 Å². The van der Waals surface area contributed by atoms with Gasteiger partial charge >= 0.3 is 0 Å². The van der Waals surface area contributed by atoms with Crippen molar-refractivity contribution < 1.29 is 4.79 Å². The van der Waals surface area contributed by atoms with Gasteiger partial charge in [-0.15, -0.1) is 0 Å². The molecule has 0 bridgehead atoms. The van der Waals surface area contributed by atoms with Crippen molar-refractivity contribution in [3.8, 4) is 0 Å². The van der Waals surface area contributed by atoms with Crippen LogP contribution in [0, 0.1) is 0 Å². The zero-order valence-electron chi connectivity index (χ0n) is 7.49. The number of carbonyl (C=O) groups excluding carboxylic acids is 1. The van der Waals surface area contributed by atoms with Crippen LogP contribution in [0.4, 0.5) is 0 Å². The maximum atomic E-state index is 10.4. The molecule has 0 unspecified atom stereocenters. The highest BCUT2D eigenvalue weighted by Gasteiger charge is 1.93. The van der Waals surface area contributed by atoms with Crippen molar-refractivity contribution in [2.75, 3.05) is 13.1 Å². The Bertz CT molecular complexity index is 273. The summed E-state index contributed by atoms with van der Waals surface area (Å²) in [5.74, 6) is 0. The van der Waals surface area contributed by atoms with Crippen LogP contribution in [-0.4, -0.2) is 19.4 Å². The van der Waals surface area contributed by atoms with E-state index in [1.165, 1.54) is 0 Å². The van der Waals surface area contributed by atoms with Gasteiger partial charge in [-0.05, 0) is 11.6 Å². The van der Waals surface area contributed by atoms with E-state index in [1.807, 2.05) is 18.2 Å². The molecule has 1 aromatic carbocycles. The quantitative estimate of drug-likeness (QED) is 0.511. The highest BCUT2D eigenvalue weighted by molar-refractivity contribution is 5.74. The molecule has 0 aliphatic rings. The third-order valence-corrected chi connectivity index (χ3v) is 1.74. The SMILES string of the molecule is NCCNCc1cccc(C=O)c1. The Morgan fingerprint density at radius 1 is 1.46 bits per heavy atom. The predicted molar refractivity (Wildman–Crippen MR) is 52.6 cm³/mol. The van der Waals surface area contributed by atoms with Gasteiger partial charge in [0, 0.05) is 25.2 Å². The second kappa shape index (κ2) is 5.45. The standard InChI is InChI=1S/C10H14N2O/c11-4-5-12-7-9-2-1-3-10(6-9)8-13/h1-3,6,8,12H,4-5,7,11H2. The van der Waals surface area contributed by atoms with E-state index in [2.05, 4.69) is 5.32 Å². The van der Waals surface area contributed by atoms with Crippen molar-refractivity contribution in [3.05, 3.63) is 35.4 Å². The summed E-state index contributed by atoms with van der Waals surface area (Å²) in [7, 11) is 0.